The molecule has 2 N–H and O–H groups in total. The monoisotopic (exact) mass is 277 g/mol. The molecule has 0 unspecified atom stereocenters. The first-order chi connectivity index (χ1) is 9.20. The molecule has 0 aliphatic rings. The van der Waals surface area contributed by atoms with E-state index < -0.39 is 5.91 Å². The number of anilines is 2. The molecule has 0 spiro atoms. The van der Waals surface area contributed by atoms with E-state index >= 15 is 0 Å². The van der Waals surface area contributed by atoms with Gasteiger partial charge in [-0.15, -0.1) is 0 Å². The summed E-state index contributed by atoms with van der Waals surface area (Å²) in [6, 6.07) is 3.34. The van der Waals surface area contributed by atoms with Crippen molar-refractivity contribution in [3.05, 3.63) is 41.6 Å². The third-order valence-corrected chi connectivity index (χ3v) is 2.54. The quantitative estimate of drug-likeness (QED) is 0.896. The molecule has 2 heterocycles. The average molecular weight is 278 g/mol. The minimum Gasteiger partial charge on any atom is -0.370 e. The van der Waals surface area contributed by atoms with E-state index in [2.05, 4.69) is 25.6 Å². The Bertz CT molecular complexity index is 576. The van der Waals surface area contributed by atoms with Crippen molar-refractivity contribution in [2.45, 2.75) is 6.92 Å². The summed E-state index contributed by atoms with van der Waals surface area (Å²) in [4.78, 5) is 23.8. The van der Waals surface area contributed by atoms with Crippen LogP contribution in [0.4, 0.5) is 11.5 Å². The molecule has 6 nitrogen and oxygen atoms in total. The van der Waals surface area contributed by atoms with Crippen LogP contribution >= 0.6 is 11.6 Å². The van der Waals surface area contributed by atoms with E-state index in [9.17, 15) is 4.79 Å². The van der Waals surface area contributed by atoms with Crippen molar-refractivity contribution in [2.75, 3.05) is 17.2 Å². The predicted molar refractivity (Wildman–Crippen MR) is 73.4 cm³/mol. The minimum atomic E-state index is -0.403. The molecule has 0 bridgehead atoms. The lowest BCUT2D eigenvalue weighted by atomic mass is 10.3. The van der Waals surface area contributed by atoms with Gasteiger partial charge in [-0.25, -0.2) is 15.0 Å². The molecule has 0 aliphatic heterocycles. The molecule has 0 aromatic carbocycles. The lowest BCUT2D eigenvalue weighted by Crippen LogP contribution is -2.15. The van der Waals surface area contributed by atoms with E-state index in [0.29, 0.717) is 18.1 Å². The van der Waals surface area contributed by atoms with Crippen LogP contribution < -0.4 is 10.6 Å². The Kier molecular flexibility index (Phi) is 4.25. The molecule has 0 fully saturated rings. The fourth-order valence-corrected chi connectivity index (χ4v) is 1.63. The first-order valence-electron chi connectivity index (χ1n) is 5.67. The van der Waals surface area contributed by atoms with Crippen LogP contribution in [-0.4, -0.2) is 27.4 Å². The van der Waals surface area contributed by atoms with Crippen LogP contribution in [0.15, 0.2) is 30.9 Å². The highest BCUT2D eigenvalue weighted by atomic mass is 35.5. The van der Waals surface area contributed by atoms with Crippen molar-refractivity contribution < 1.29 is 4.79 Å². The molecule has 0 atom stereocenters. The summed E-state index contributed by atoms with van der Waals surface area (Å²) in [5, 5.41) is 5.94. The zero-order valence-electron chi connectivity index (χ0n) is 10.2. The summed E-state index contributed by atoms with van der Waals surface area (Å²) in [6.45, 7) is 2.65. The third-order valence-electron chi connectivity index (χ3n) is 2.24. The van der Waals surface area contributed by atoms with E-state index in [-0.39, 0.29) is 10.7 Å². The second-order valence-corrected chi connectivity index (χ2v) is 4.05. The van der Waals surface area contributed by atoms with Gasteiger partial charge in [-0.2, -0.15) is 0 Å². The molecular formula is C12H12ClN5O. The number of nitrogens with zero attached hydrogens (tertiary/aromatic N) is 3. The van der Waals surface area contributed by atoms with Gasteiger partial charge in [-0.3, -0.25) is 4.79 Å². The molecule has 98 valence electrons. The molecule has 0 saturated heterocycles. The van der Waals surface area contributed by atoms with E-state index in [4.69, 9.17) is 11.6 Å². The lowest BCUT2D eigenvalue weighted by molar-refractivity contribution is 0.102. The van der Waals surface area contributed by atoms with E-state index in [1.165, 1.54) is 18.7 Å². The van der Waals surface area contributed by atoms with Gasteiger partial charge in [0.05, 0.1) is 23.1 Å². The van der Waals surface area contributed by atoms with E-state index in [1.807, 2.05) is 6.92 Å². The van der Waals surface area contributed by atoms with Crippen molar-refractivity contribution in [3.63, 3.8) is 0 Å². The lowest BCUT2D eigenvalue weighted by Gasteiger charge is -2.08. The van der Waals surface area contributed by atoms with Gasteiger partial charge in [-0.05, 0) is 19.1 Å². The summed E-state index contributed by atoms with van der Waals surface area (Å²) >= 11 is 5.98. The van der Waals surface area contributed by atoms with Gasteiger partial charge in [0.2, 0.25) is 0 Å². The Labute approximate surface area is 115 Å². The molecule has 1 amide bonds. The largest absolute Gasteiger partial charge is 0.370 e. The van der Waals surface area contributed by atoms with Gasteiger partial charge in [0, 0.05) is 6.54 Å². The molecular weight excluding hydrogens is 266 g/mol. The molecule has 2 aromatic rings. The number of hydrogen-bond donors (Lipinski definition) is 2. The van der Waals surface area contributed by atoms with Gasteiger partial charge < -0.3 is 10.6 Å². The van der Waals surface area contributed by atoms with Crippen LogP contribution in [0.5, 0.6) is 0 Å². The minimum absolute atomic E-state index is 0.156. The second kappa shape index (κ2) is 6.10. The van der Waals surface area contributed by atoms with Crippen LogP contribution in [0.1, 0.15) is 17.4 Å². The Morgan fingerprint density at radius 1 is 1.32 bits per heavy atom. The Hall–Kier alpha value is -2.21. The molecule has 19 heavy (non-hydrogen) atoms. The molecule has 0 radical (unpaired) electrons. The van der Waals surface area contributed by atoms with Crippen LogP contribution in [0.3, 0.4) is 0 Å². The fourth-order valence-electron chi connectivity index (χ4n) is 1.43. The number of carbonyl (C=O) groups excluding carboxylic acids is 1. The maximum absolute atomic E-state index is 12.1. The van der Waals surface area contributed by atoms with Crippen LogP contribution in [0.2, 0.25) is 5.02 Å². The van der Waals surface area contributed by atoms with Crippen LogP contribution in [-0.2, 0) is 0 Å². The Morgan fingerprint density at radius 2 is 2.05 bits per heavy atom. The maximum atomic E-state index is 12.1. The smallest absolute Gasteiger partial charge is 0.275 e. The van der Waals surface area contributed by atoms with Gasteiger partial charge in [0.1, 0.15) is 17.8 Å². The second-order valence-electron chi connectivity index (χ2n) is 3.64. The standard InChI is InChI=1S/C12H12ClN5O/c1-2-16-10-4-3-9(13)11(18-10)12(19)17-8-5-14-7-15-6-8/h3-7H,2H2,1H3,(H,16,18)(H,17,19). The van der Waals surface area contributed by atoms with E-state index in [0.717, 1.165) is 0 Å². The number of carbonyl (C=O) groups is 1. The molecule has 0 saturated carbocycles. The number of hydrogen-bond acceptors (Lipinski definition) is 5. The molecule has 0 aliphatic carbocycles. The topological polar surface area (TPSA) is 79.8 Å². The Morgan fingerprint density at radius 3 is 2.74 bits per heavy atom. The van der Waals surface area contributed by atoms with Gasteiger partial charge in [0.15, 0.2) is 0 Å². The van der Waals surface area contributed by atoms with Crippen molar-refractivity contribution >= 4 is 29.0 Å². The summed E-state index contributed by atoms with van der Waals surface area (Å²) in [7, 11) is 0. The van der Waals surface area contributed by atoms with Crippen molar-refractivity contribution in [1.82, 2.24) is 15.0 Å². The van der Waals surface area contributed by atoms with Crippen LogP contribution in [0, 0.1) is 0 Å². The number of aromatic nitrogens is 3. The summed E-state index contributed by atoms with van der Waals surface area (Å²) < 4.78 is 0. The first kappa shape index (κ1) is 13.2. The normalized spacial score (nSPS) is 10.0. The third kappa shape index (κ3) is 3.38. The number of nitrogens with one attached hydrogen (secondary N) is 2. The first-order valence-corrected chi connectivity index (χ1v) is 6.05. The number of pyridine rings is 1. The van der Waals surface area contributed by atoms with Gasteiger partial charge in [0.25, 0.3) is 5.91 Å². The SMILES string of the molecule is CCNc1ccc(Cl)c(C(=O)Nc2cncnc2)n1. The van der Waals surface area contributed by atoms with Gasteiger partial charge in [-0.1, -0.05) is 11.6 Å². The molecule has 7 heteroatoms. The zero-order valence-corrected chi connectivity index (χ0v) is 11.0. The van der Waals surface area contributed by atoms with Crippen LogP contribution in [0.25, 0.3) is 0 Å². The number of amides is 1. The Balaban J connectivity index is 2.21. The number of rotatable bonds is 4. The highest BCUT2D eigenvalue weighted by Gasteiger charge is 2.13. The zero-order chi connectivity index (χ0) is 13.7. The van der Waals surface area contributed by atoms with Gasteiger partial charge >= 0.3 is 0 Å². The highest BCUT2D eigenvalue weighted by molar-refractivity contribution is 6.34. The predicted octanol–water partition coefficient (Wildman–Crippen LogP) is 2.21. The highest BCUT2D eigenvalue weighted by Crippen LogP contribution is 2.18. The van der Waals surface area contributed by atoms with Crippen molar-refractivity contribution in [2.24, 2.45) is 0 Å². The van der Waals surface area contributed by atoms with E-state index in [1.54, 1.807) is 12.1 Å². The summed E-state index contributed by atoms with van der Waals surface area (Å²) in [5.74, 6) is 0.195. The molecule has 2 aromatic heterocycles. The summed E-state index contributed by atoms with van der Waals surface area (Å²) in [5.41, 5.74) is 0.642. The summed E-state index contributed by atoms with van der Waals surface area (Å²) in [6.07, 6.45) is 4.37. The number of halogens is 1. The maximum Gasteiger partial charge on any atom is 0.275 e. The van der Waals surface area contributed by atoms with Crippen molar-refractivity contribution in [1.29, 1.82) is 0 Å². The average Bonchev–Trinajstić information content (AvgIpc) is 2.42. The fraction of sp³-hybridized carbons (Fsp3) is 0.167. The molecule has 2 rings (SSSR count). The van der Waals surface area contributed by atoms with Crippen molar-refractivity contribution in [3.8, 4) is 0 Å².